The van der Waals surface area contributed by atoms with Crippen molar-refractivity contribution in [3.8, 4) is 11.5 Å². The fourth-order valence-electron chi connectivity index (χ4n) is 4.49. The molecule has 1 saturated heterocycles. The van der Waals surface area contributed by atoms with Gasteiger partial charge in [-0.1, -0.05) is 32.0 Å². The number of nitrogens with zero attached hydrogens (tertiary/aromatic N) is 1. The van der Waals surface area contributed by atoms with Crippen molar-refractivity contribution < 1.29 is 18.7 Å². The lowest BCUT2D eigenvalue weighted by Crippen LogP contribution is -2.40. The summed E-state index contributed by atoms with van der Waals surface area (Å²) in [6, 6.07) is 12.6. The molecule has 1 N–H and O–H groups in total. The summed E-state index contributed by atoms with van der Waals surface area (Å²) in [5.41, 5.74) is 2.08. The molecule has 2 aromatic carbocycles. The van der Waals surface area contributed by atoms with Crippen LogP contribution in [0.15, 0.2) is 42.5 Å². The molecule has 1 fully saturated rings. The van der Waals surface area contributed by atoms with Crippen LogP contribution >= 0.6 is 0 Å². The summed E-state index contributed by atoms with van der Waals surface area (Å²) in [7, 11) is 0. The molecule has 2 aromatic rings. The molecule has 2 aliphatic rings. The summed E-state index contributed by atoms with van der Waals surface area (Å²) in [5.74, 6) is 1.51. The summed E-state index contributed by atoms with van der Waals surface area (Å²) in [6.45, 7) is 6.68. The normalized spacial score (nSPS) is 19.8. The van der Waals surface area contributed by atoms with Gasteiger partial charge in [-0.15, -0.1) is 0 Å². The first kappa shape index (κ1) is 21.6. The van der Waals surface area contributed by atoms with Gasteiger partial charge < -0.3 is 14.8 Å². The van der Waals surface area contributed by atoms with Crippen LogP contribution in [0.1, 0.15) is 56.3 Å². The van der Waals surface area contributed by atoms with Gasteiger partial charge in [-0.25, -0.2) is 4.39 Å². The summed E-state index contributed by atoms with van der Waals surface area (Å²) in [6.07, 6.45) is 2.95. The molecule has 2 heterocycles. The van der Waals surface area contributed by atoms with Gasteiger partial charge in [-0.05, 0) is 60.7 Å². The average Bonchev–Trinajstić information content (AvgIpc) is 3.08. The third-order valence-corrected chi connectivity index (χ3v) is 6.08. The third-order valence-electron chi connectivity index (χ3n) is 6.08. The minimum absolute atomic E-state index is 0.00994. The minimum atomic E-state index is -0.271. The van der Waals surface area contributed by atoms with E-state index in [0.717, 1.165) is 48.4 Å². The van der Waals surface area contributed by atoms with E-state index >= 15 is 0 Å². The summed E-state index contributed by atoms with van der Waals surface area (Å²) >= 11 is 0. The summed E-state index contributed by atoms with van der Waals surface area (Å²) < 4.78 is 24.9. The van der Waals surface area contributed by atoms with Crippen molar-refractivity contribution in [1.82, 2.24) is 10.2 Å². The van der Waals surface area contributed by atoms with Crippen LogP contribution < -0.4 is 14.8 Å². The molecule has 166 valence electrons. The Morgan fingerprint density at radius 1 is 1.10 bits per heavy atom. The molecule has 2 aliphatic heterocycles. The largest absolute Gasteiger partial charge is 0.490 e. The number of carbonyl (C=O) groups excluding carboxylic acids is 1. The molecular formula is C25H31FN2O3. The van der Waals surface area contributed by atoms with E-state index in [1.165, 1.54) is 12.1 Å². The lowest BCUT2D eigenvalue weighted by atomic mass is 9.96. The summed E-state index contributed by atoms with van der Waals surface area (Å²) in [4.78, 5) is 15.2. The quantitative estimate of drug-likeness (QED) is 0.731. The fraction of sp³-hybridized carbons (Fsp3) is 0.480. The highest BCUT2D eigenvalue weighted by Gasteiger charge is 2.29. The lowest BCUT2D eigenvalue weighted by Gasteiger charge is -2.28. The molecule has 1 amide bonds. The Bertz CT molecular complexity index is 900. The Balaban J connectivity index is 1.43. The van der Waals surface area contributed by atoms with Gasteiger partial charge in [0.2, 0.25) is 5.91 Å². The first-order valence-corrected chi connectivity index (χ1v) is 11.2. The monoisotopic (exact) mass is 426 g/mol. The highest BCUT2D eigenvalue weighted by atomic mass is 19.1. The van der Waals surface area contributed by atoms with Gasteiger partial charge in [0.15, 0.2) is 11.5 Å². The second-order valence-corrected chi connectivity index (χ2v) is 8.73. The standard InChI is InChI=1S/C25H31FN2O3/c1-17(2)25(18-6-9-20(26)10-7-18)27-24(29)16-28-12-3-5-21(28)19-8-11-22-23(15-19)31-14-4-13-30-22/h6-11,15,17,21,25H,3-5,12-14,16H2,1-2H3,(H,27,29)/t21-,25-/m0/s1. The van der Waals surface area contributed by atoms with Crippen LogP contribution in [0.3, 0.4) is 0 Å². The second kappa shape index (κ2) is 9.69. The molecule has 5 nitrogen and oxygen atoms in total. The number of ether oxygens (including phenoxy) is 2. The number of rotatable bonds is 6. The zero-order valence-electron chi connectivity index (χ0n) is 18.3. The molecule has 0 saturated carbocycles. The van der Waals surface area contributed by atoms with Crippen LogP contribution in [0, 0.1) is 11.7 Å². The topological polar surface area (TPSA) is 50.8 Å². The van der Waals surface area contributed by atoms with Crippen LogP contribution in [0.2, 0.25) is 0 Å². The zero-order chi connectivity index (χ0) is 21.8. The number of carbonyl (C=O) groups is 1. The van der Waals surface area contributed by atoms with E-state index in [1.54, 1.807) is 12.1 Å². The Hall–Kier alpha value is -2.60. The molecule has 0 radical (unpaired) electrons. The first-order chi connectivity index (χ1) is 15.0. The molecule has 4 rings (SSSR count). The van der Waals surface area contributed by atoms with E-state index in [9.17, 15) is 9.18 Å². The number of hydrogen-bond acceptors (Lipinski definition) is 4. The van der Waals surface area contributed by atoms with Crippen molar-refractivity contribution in [2.75, 3.05) is 26.3 Å². The van der Waals surface area contributed by atoms with Crippen molar-refractivity contribution >= 4 is 5.91 Å². The second-order valence-electron chi connectivity index (χ2n) is 8.73. The van der Waals surface area contributed by atoms with Crippen LogP contribution in [0.25, 0.3) is 0 Å². The molecular weight excluding hydrogens is 395 g/mol. The first-order valence-electron chi connectivity index (χ1n) is 11.2. The number of nitrogens with one attached hydrogen (secondary N) is 1. The molecule has 0 spiro atoms. The predicted molar refractivity (Wildman–Crippen MR) is 118 cm³/mol. The van der Waals surface area contributed by atoms with Gasteiger partial charge in [0.25, 0.3) is 0 Å². The Morgan fingerprint density at radius 2 is 1.84 bits per heavy atom. The lowest BCUT2D eigenvalue weighted by molar-refractivity contribution is -0.123. The van der Waals surface area contributed by atoms with Crippen LogP contribution in [-0.4, -0.2) is 37.1 Å². The third kappa shape index (κ3) is 5.18. The smallest absolute Gasteiger partial charge is 0.234 e. The van der Waals surface area contributed by atoms with Gasteiger partial charge in [0.05, 0.1) is 25.8 Å². The van der Waals surface area contributed by atoms with E-state index < -0.39 is 0 Å². The average molecular weight is 427 g/mol. The Labute approximate surface area is 183 Å². The van der Waals surface area contributed by atoms with Crippen molar-refractivity contribution in [1.29, 1.82) is 0 Å². The van der Waals surface area contributed by atoms with Crippen LogP contribution in [-0.2, 0) is 4.79 Å². The highest BCUT2D eigenvalue weighted by Crippen LogP contribution is 2.37. The maximum absolute atomic E-state index is 13.3. The maximum atomic E-state index is 13.3. The van der Waals surface area contributed by atoms with Gasteiger partial charge in [-0.2, -0.15) is 0 Å². The van der Waals surface area contributed by atoms with Crippen LogP contribution in [0.5, 0.6) is 11.5 Å². The molecule has 31 heavy (non-hydrogen) atoms. The SMILES string of the molecule is CC(C)[C@H](NC(=O)CN1CCC[C@H]1c1ccc2c(c1)OCCCO2)c1ccc(F)cc1. The van der Waals surface area contributed by atoms with E-state index in [0.29, 0.717) is 19.8 Å². The van der Waals surface area contributed by atoms with Gasteiger partial charge >= 0.3 is 0 Å². The number of amides is 1. The Morgan fingerprint density at radius 3 is 2.58 bits per heavy atom. The fourth-order valence-corrected chi connectivity index (χ4v) is 4.49. The molecule has 0 aromatic heterocycles. The molecule has 2 atom stereocenters. The minimum Gasteiger partial charge on any atom is -0.490 e. The summed E-state index contributed by atoms with van der Waals surface area (Å²) in [5, 5.41) is 3.16. The molecule has 6 heteroatoms. The van der Waals surface area contributed by atoms with Crippen molar-refractivity contribution in [3.63, 3.8) is 0 Å². The van der Waals surface area contributed by atoms with E-state index in [1.807, 2.05) is 6.07 Å². The van der Waals surface area contributed by atoms with Crippen LogP contribution in [0.4, 0.5) is 4.39 Å². The molecule has 0 unspecified atom stereocenters. The van der Waals surface area contributed by atoms with E-state index in [2.05, 4.69) is 36.2 Å². The highest BCUT2D eigenvalue weighted by molar-refractivity contribution is 5.78. The maximum Gasteiger partial charge on any atom is 0.234 e. The predicted octanol–water partition coefficient (Wildman–Crippen LogP) is 4.64. The van der Waals surface area contributed by atoms with Crippen molar-refractivity contribution in [2.24, 2.45) is 5.92 Å². The van der Waals surface area contributed by atoms with Gasteiger partial charge in [0, 0.05) is 12.5 Å². The zero-order valence-corrected chi connectivity index (χ0v) is 18.3. The van der Waals surface area contributed by atoms with Crippen molar-refractivity contribution in [3.05, 3.63) is 59.4 Å². The number of hydrogen-bond donors (Lipinski definition) is 1. The number of fused-ring (bicyclic) bond motifs is 1. The Kier molecular flexibility index (Phi) is 6.76. The number of likely N-dealkylation sites (tertiary alicyclic amines) is 1. The molecule has 0 bridgehead atoms. The van der Waals surface area contributed by atoms with Gasteiger partial charge in [0.1, 0.15) is 5.82 Å². The molecule has 0 aliphatic carbocycles. The van der Waals surface area contributed by atoms with E-state index in [-0.39, 0.29) is 29.7 Å². The van der Waals surface area contributed by atoms with E-state index in [4.69, 9.17) is 9.47 Å². The number of halogens is 1. The van der Waals surface area contributed by atoms with Gasteiger partial charge in [-0.3, -0.25) is 9.69 Å². The van der Waals surface area contributed by atoms with Crippen molar-refractivity contribution in [2.45, 2.75) is 45.2 Å². The number of benzene rings is 2.